The summed E-state index contributed by atoms with van der Waals surface area (Å²) in [6, 6.07) is 68.3. The molecular formula is C76H88N4O4. The maximum atomic E-state index is 6.10. The molecule has 0 spiro atoms. The zero-order valence-corrected chi connectivity index (χ0v) is 50.7. The maximum Gasteiger partial charge on any atom is 0.161 e. The Morgan fingerprint density at radius 1 is 0.345 bits per heavy atom. The molecule has 4 aliphatic rings. The average molecular weight is 1120 g/mol. The van der Waals surface area contributed by atoms with Crippen LogP contribution in [0.3, 0.4) is 0 Å². The van der Waals surface area contributed by atoms with Crippen LogP contribution in [0.5, 0.6) is 23.0 Å². The molecule has 8 aromatic rings. The normalized spacial score (nSPS) is 13.2. The summed E-state index contributed by atoms with van der Waals surface area (Å²) < 4.78 is 24.2. The molecule has 4 aliphatic heterocycles. The summed E-state index contributed by atoms with van der Waals surface area (Å²) >= 11 is 0. The van der Waals surface area contributed by atoms with Crippen LogP contribution in [0, 0.1) is 0 Å². The largest absolute Gasteiger partial charge is 0.473 e. The van der Waals surface area contributed by atoms with Crippen molar-refractivity contribution in [3.05, 3.63) is 289 Å². The van der Waals surface area contributed by atoms with Gasteiger partial charge in [-0.05, 0) is 151 Å². The van der Waals surface area contributed by atoms with Crippen LogP contribution in [-0.4, -0.2) is 26.9 Å². The number of benzene rings is 8. The second-order valence-corrected chi connectivity index (χ2v) is 21.3. The van der Waals surface area contributed by atoms with Crippen molar-refractivity contribution in [3.63, 3.8) is 0 Å². The standard InChI is InChI=1S/C31H30N2O2.C29H26N2O2.4C4H8/c1-31(2,25-13-15-29-23(17-25)19-32(21-34-29)27-9-5-3-6-10-27)26-14-16-30-24(18-26)20-33(22-35-30)28-11-7-4-8-12-28;1-3-7-26(8-4-1)30-18-24-16-22(11-13-28(24)32-20-30)15-23-12-14-29-25(17-23)19-31(21-33-29)27-9-5-2-6-10-27;4*1-3-4-2/h3-18H,19-22H2,1-2H3;1-14,16-17H,15,18-21H2;4*3H,1,4H2,2H3. The number of ether oxygens (including phenoxy) is 4. The van der Waals surface area contributed by atoms with Gasteiger partial charge in [0.15, 0.2) is 26.9 Å². The van der Waals surface area contributed by atoms with Crippen LogP contribution in [0.2, 0.25) is 0 Å². The van der Waals surface area contributed by atoms with Crippen LogP contribution < -0.4 is 38.5 Å². The lowest BCUT2D eigenvalue weighted by Gasteiger charge is -2.34. The summed E-state index contributed by atoms with van der Waals surface area (Å²) in [5.41, 5.74) is 14.7. The van der Waals surface area contributed by atoms with E-state index in [2.05, 4.69) is 257 Å². The number of rotatable bonds is 12. The zero-order valence-electron chi connectivity index (χ0n) is 50.7. The molecule has 0 amide bonds. The molecular weight excluding hydrogens is 1030 g/mol. The number of fused-ring (bicyclic) bond motifs is 4. The molecule has 8 heteroatoms. The number of anilines is 4. The number of para-hydroxylation sites is 4. The van der Waals surface area contributed by atoms with E-state index < -0.39 is 0 Å². The number of hydrogen-bond acceptors (Lipinski definition) is 8. The molecule has 0 N–H and O–H groups in total. The SMILES string of the molecule is C=CCC.C=CCC.C=CCC.C=CCC.CC(C)(c1ccc2c(c1)CN(c1ccccc1)CO2)c1ccc2c(c1)CN(c1ccccc1)CO2.c1ccc(N2COc3ccc(Cc4ccc5c(c4)CN(c4ccccc4)CO5)cc3C2)cc1. The summed E-state index contributed by atoms with van der Waals surface area (Å²) in [4.78, 5) is 9.07. The summed E-state index contributed by atoms with van der Waals surface area (Å²) in [5.74, 6) is 3.94. The predicted octanol–water partition coefficient (Wildman–Crippen LogP) is 19.0. The first-order chi connectivity index (χ1) is 41.0. The van der Waals surface area contributed by atoms with Crippen LogP contribution in [0.1, 0.15) is 112 Å². The summed E-state index contributed by atoms with van der Waals surface area (Å²) in [6.07, 6.45) is 12.7. The van der Waals surface area contributed by atoms with Crippen molar-refractivity contribution < 1.29 is 18.9 Å². The highest BCUT2D eigenvalue weighted by molar-refractivity contribution is 5.56. The molecule has 4 heterocycles. The summed E-state index contributed by atoms with van der Waals surface area (Å²) in [7, 11) is 0. The van der Waals surface area contributed by atoms with E-state index >= 15 is 0 Å². The first-order valence-corrected chi connectivity index (χ1v) is 29.7. The van der Waals surface area contributed by atoms with E-state index in [0.717, 1.165) is 81.3 Å². The Bertz CT molecular complexity index is 3060. The third-order valence-electron chi connectivity index (χ3n) is 14.8. The van der Waals surface area contributed by atoms with E-state index in [1.165, 1.54) is 67.3 Å². The van der Waals surface area contributed by atoms with E-state index in [9.17, 15) is 0 Å². The van der Waals surface area contributed by atoms with Gasteiger partial charge in [0.2, 0.25) is 0 Å². The Hall–Kier alpha value is -8.88. The van der Waals surface area contributed by atoms with Crippen LogP contribution >= 0.6 is 0 Å². The van der Waals surface area contributed by atoms with Crippen LogP contribution in [0.4, 0.5) is 22.7 Å². The van der Waals surface area contributed by atoms with Gasteiger partial charge in [0.05, 0.1) is 0 Å². The molecule has 0 bridgehead atoms. The van der Waals surface area contributed by atoms with Crippen molar-refractivity contribution in [3.8, 4) is 23.0 Å². The van der Waals surface area contributed by atoms with E-state index in [1.807, 2.05) is 48.6 Å². The van der Waals surface area contributed by atoms with Crippen molar-refractivity contribution in [2.45, 2.75) is 105 Å². The molecule has 0 saturated heterocycles. The Kier molecular flexibility index (Phi) is 24.4. The molecule has 0 aliphatic carbocycles. The van der Waals surface area contributed by atoms with Gasteiger partial charge in [-0.1, -0.05) is 163 Å². The Morgan fingerprint density at radius 2 is 0.583 bits per heavy atom. The second kappa shape index (κ2) is 32.7. The minimum absolute atomic E-state index is 0.159. The van der Waals surface area contributed by atoms with Gasteiger partial charge < -0.3 is 38.5 Å². The molecule has 436 valence electrons. The molecule has 0 aromatic heterocycles. The van der Waals surface area contributed by atoms with Gasteiger partial charge in [-0.25, -0.2) is 0 Å². The van der Waals surface area contributed by atoms with E-state index in [-0.39, 0.29) is 5.41 Å². The highest BCUT2D eigenvalue weighted by atomic mass is 16.5. The Morgan fingerprint density at radius 3 is 0.833 bits per heavy atom. The minimum Gasteiger partial charge on any atom is -0.473 e. The van der Waals surface area contributed by atoms with Crippen molar-refractivity contribution in [1.82, 2.24) is 0 Å². The van der Waals surface area contributed by atoms with Crippen LogP contribution in [0.15, 0.2) is 245 Å². The lowest BCUT2D eigenvalue weighted by atomic mass is 9.77. The Labute approximate surface area is 503 Å². The molecule has 0 unspecified atom stereocenters. The van der Waals surface area contributed by atoms with Crippen LogP contribution in [0.25, 0.3) is 0 Å². The third kappa shape index (κ3) is 17.6. The van der Waals surface area contributed by atoms with E-state index in [4.69, 9.17) is 18.9 Å². The molecule has 0 fully saturated rings. The Balaban J connectivity index is 0.000000193. The lowest BCUT2D eigenvalue weighted by Crippen LogP contribution is -2.32. The average Bonchev–Trinajstić information content (AvgIpc) is 2.78. The fraction of sp³-hybridized carbons (Fsp3) is 0.263. The first kappa shape index (κ1) is 62.7. The summed E-state index contributed by atoms with van der Waals surface area (Å²) in [5, 5.41) is 0. The monoisotopic (exact) mass is 1120 g/mol. The van der Waals surface area contributed by atoms with Gasteiger partial charge in [-0.3, -0.25) is 0 Å². The highest BCUT2D eigenvalue weighted by Crippen LogP contribution is 2.40. The maximum absolute atomic E-state index is 6.10. The topological polar surface area (TPSA) is 49.9 Å². The van der Waals surface area contributed by atoms with E-state index in [1.54, 1.807) is 0 Å². The predicted molar refractivity (Wildman–Crippen MR) is 355 cm³/mol. The van der Waals surface area contributed by atoms with Crippen molar-refractivity contribution >= 4 is 22.7 Å². The first-order valence-electron chi connectivity index (χ1n) is 29.7. The van der Waals surface area contributed by atoms with Crippen molar-refractivity contribution in [1.29, 1.82) is 0 Å². The zero-order chi connectivity index (χ0) is 59.5. The smallest absolute Gasteiger partial charge is 0.161 e. The van der Waals surface area contributed by atoms with Gasteiger partial charge in [-0.2, -0.15) is 0 Å². The molecule has 0 atom stereocenters. The summed E-state index contributed by atoms with van der Waals surface area (Å²) in [6.45, 7) is 32.5. The van der Waals surface area contributed by atoms with Gasteiger partial charge in [0, 0.05) is 76.6 Å². The molecule has 8 aromatic carbocycles. The number of nitrogens with zero attached hydrogens (tertiary/aromatic N) is 4. The minimum atomic E-state index is -0.159. The highest BCUT2D eigenvalue weighted by Gasteiger charge is 2.29. The van der Waals surface area contributed by atoms with Gasteiger partial charge in [0.25, 0.3) is 0 Å². The van der Waals surface area contributed by atoms with Crippen molar-refractivity contribution in [2.24, 2.45) is 0 Å². The van der Waals surface area contributed by atoms with Gasteiger partial charge in [-0.15, -0.1) is 26.3 Å². The molecule has 12 rings (SSSR count). The fourth-order valence-corrected chi connectivity index (χ4v) is 9.70. The third-order valence-corrected chi connectivity index (χ3v) is 14.8. The number of allylic oxidation sites excluding steroid dienone is 4. The van der Waals surface area contributed by atoms with Crippen LogP contribution in [-0.2, 0) is 38.0 Å². The molecule has 0 radical (unpaired) electrons. The van der Waals surface area contributed by atoms with Gasteiger partial charge >= 0.3 is 0 Å². The molecule has 8 nitrogen and oxygen atoms in total. The number of hydrogen-bond donors (Lipinski definition) is 0. The van der Waals surface area contributed by atoms with Crippen molar-refractivity contribution in [2.75, 3.05) is 46.5 Å². The van der Waals surface area contributed by atoms with E-state index in [0.29, 0.717) is 26.9 Å². The molecule has 84 heavy (non-hydrogen) atoms. The van der Waals surface area contributed by atoms with Gasteiger partial charge in [0.1, 0.15) is 23.0 Å². The lowest BCUT2D eigenvalue weighted by molar-refractivity contribution is 0.288. The second-order valence-electron chi connectivity index (χ2n) is 21.3. The fourth-order valence-electron chi connectivity index (χ4n) is 9.70. The molecule has 0 saturated carbocycles. The quantitative estimate of drug-likeness (QED) is 0.112.